The van der Waals surface area contributed by atoms with Crippen LogP contribution in [-0.4, -0.2) is 35.9 Å². The van der Waals surface area contributed by atoms with Gasteiger partial charge in [-0.3, -0.25) is 9.59 Å². The first-order chi connectivity index (χ1) is 22.1. The molecule has 0 saturated heterocycles. The highest BCUT2D eigenvalue weighted by Crippen LogP contribution is 2.21. The van der Waals surface area contributed by atoms with E-state index in [0.717, 1.165) is 51.4 Å². The van der Waals surface area contributed by atoms with Gasteiger partial charge in [-0.05, 0) is 51.4 Å². The number of carbonyl (C=O) groups is 2. The third-order valence-corrected chi connectivity index (χ3v) is 8.62. The molecule has 0 aliphatic heterocycles. The largest absolute Gasteiger partial charge is 0.463 e. The van der Waals surface area contributed by atoms with Crippen molar-refractivity contribution in [3.63, 3.8) is 0 Å². The molecule has 0 fully saturated rings. The first kappa shape index (κ1) is 43.5. The van der Waals surface area contributed by atoms with Crippen molar-refractivity contribution in [3.8, 4) is 0 Å². The van der Waals surface area contributed by atoms with Gasteiger partial charge in [0.25, 0.3) is 0 Å². The van der Waals surface area contributed by atoms with E-state index in [2.05, 4.69) is 62.5 Å². The van der Waals surface area contributed by atoms with Gasteiger partial charge in [0.2, 0.25) is 0 Å². The van der Waals surface area contributed by atoms with Gasteiger partial charge in [-0.2, -0.15) is 0 Å². The summed E-state index contributed by atoms with van der Waals surface area (Å²) in [7, 11) is -0.329. The minimum Gasteiger partial charge on any atom is -0.463 e. The lowest BCUT2D eigenvalue weighted by Crippen LogP contribution is -2.23. The SMILES string of the molecule is CCCCCC=CCC=CCC=CCC=CCCCC(=O)POC(CO)COC(=O)CCCCCCCCCCCCCCC. The predicted octanol–water partition coefficient (Wildman–Crippen LogP) is 11.7. The van der Waals surface area contributed by atoms with Crippen molar-refractivity contribution in [1.82, 2.24) is 0 Å². The van der Waals surface area contributed by atoms with Gasteiger partial charge in [-0.15, -0.1) is 0 Å². The first-order valence-corrected chi connectivity index (χ1v) is 19.4. The quantitative estimate of drug-likeness (QED) is 0.0325. The lowest BCUT2D eigenvalue weighted by atomic mass is 10.0. The van der Waals surface area contributed by atoms with Gasteiger partial charge in [0.05, 0.1) is 15.4 Å². The minimum atomic E-state index is -0.642. The van der Waals surface area contributed by atoms with Gasteiger partial charge >= 0.3 is 5.97 Å². The molecule has 5 nitrogen and oxygen atoms in total. The fourth-order valence-corrected chi connectivity index (χ4v) is 5.53. The summed E-state index contributed by atoms with van der Waals surface area (Å²) in [5, 5.41) is 9.54. The predicted molar refractivity (Wildman–Crippen MR) is 195 cm³/mol. The third kappa shape index (κ3) is 35.2. The lowest BCUT2D eigenvalue weighted by Gasteiger charge is -2.15. The van der Waals surface area contributed by atoms with Crippen LogP contribution in [-0.2, 0) is 18.8 Å². The zero-order valence-corrected chi connectivity index (χ0v) is 30.2. The molecule has 0 saturated carbocycles. The number of carbonyl (C=O) groups excluding carboxylic acids is 2. The first-order valence-electron chi connectivity index (χ1n) is 18.4. The van der Waals surface area contributed by atoms with E-state index in [0.29, 0.717) is 12.8 Å². The molecule has 0 heterocycles. The van der Waals surface area contributed by atoms with Crippen LogP contribution in [0.5, 0.6) is 0 Å². The number of esters is 1. The van der Waals surface area contributed by atoms with Crippen molar-refractivity contribution in [2.45, 2.75) is 174 Å². The van der Waals surface area contributed by atoms with E-state index in [4.69, 9.17) is 9.26 Å². The summed E-state index contributed by atoms with van der Waals surface area (Å²) < 4.78 is 10.8. The van der Waals surface area contributed by atoms with Crippen molar-refractivity contribution in [2.24, 2.45) is 0 Å². The summed E-state index contributed by atoms with van der Waals surface area (Å²) in [6, 6.07) is 0. The number of rotatable bonds is 34. The third-order valence-electron chi connectivity index (χ3n) is 7.69. The smallest absolute Gasteiger partial charge is 0.305 e. The van der Waals surface area contributed by atoms with Gasteiger partial charge in [0.15, 0.2) is 5.52 Å². The van der Waals surface area contributed by atoms with E-state index in [1.807, 2.05) is 0 Å². The number of hydrogen-bond acceptors (Lipinski definition) is 5. The molecule has 0 amide bonds. The van der Waals surface area contributed by atoms with Crippen LogP contribution >= 0.6 is 8.81 Å². The summed E-state index contributed by atoms with van der Waals surface area (Å²) in [6.07, 6.45) is 43.8. The Balaban J connectivity index is 3.66. The number of unbranched alkanes of at least 4 members (excludes halogenated alkanes) is 16. The molecule has 45 heavy (non-hydrogen) atoms. The van der Waals surface area contributed by atoms with Gasteiger partial charge < -0.3 is 14.4 Å². The van der Waals surface area contributed by atoms with Gasteiger partial charge in [-0.1, -0.05) is 152 Å². The molecule has 0 aromatic rings. The zero-order valence-electron chi connectivity index (χ0n) is 29.2. The van der Waals surface area contributed by atoms with E-state index in [1.54, 1.807) is 0 Å². The molecule has 0 radical (unpaired) electrons. The van der Waals surface area contributed by atoms with E-state index >= 15 is 0 Å². The molecule has 2 atom stereocenters. The number of ether oxygens (including phenoxy) is 1. The number of hydrogen-bond donors (Lipinski definition) is 1. The summed E-state index contributed by atoms with van der Waals surface area (Å²) in [6.45, 7) is 4.22. The van der Waals surface area contributed by atoms with Crippen LogP contribution in [0.15, 0.2) is 48.6 Å². The van der Waals surface area contributed by atoms with Crippen LogP contribution in [0.2, 0.25) is 0 Å². The van der Waals surface area contributed by atoms with Crippen LogP contribution in [0.3, 0.4) is 0 Å². The Morgan fingerprint density at radius 3 is 1.53 bits per heavy atom. The van der Waals surface area contributed by atoms with Crippen LogP contribution in [0.1, 0.15) is 168 Å². The number of aliphatic hydroxyl groups excluding tert-OH is 1. The highest BCUT2D eigenvalue weighted by atomic mass is 31.1. The van der Waals surface area contributed by atoms with Crippen molar-refractivity contribution in [3.05, 3.63) is 48.6 Å². The maximum Gasteiger partial charge on any atom is 0.305 e. The molecule has 0 aliphatic rings. The average Bonchev–Trinajstić information content (AvgIpc) is 3.04. The van der Waals surface area contributed by atoms with E-state index < -0.39 is 6.10 Å². The summed E-state index contributed by atoms with van der Waals surface area (Å²) in [4.78, 5) is 24.2. The van der Waals surface area contributed by atoms with E-state index in [-0.39, 0.29) is 33.5 Å². The Bertz CT molecular complexity index is 773. The Morgan fingerprint density at radius 2 is 1.02 bits per heavy atom. The van der Waals surface area contributed by atoms with Gasteiger partial charge in [-0.25, -0.2) is 0 Å². The molecule has 1 N–H and O–H groups in total. The minimum absolute atomic E-state index is 0.00369. The van der Waals surface area contributed by atoms with Crippen LogP contribution in [0, 0.1) is 0 Å². The fraction of sp³-hybridized carbons (Fsp3) is 0.744. The van der Waals surface area contributed by atoms with Crippen molar-refractivity contribution in [2.75, 3.05) is 13.2 Å². The molecule has 0 bridgehead atoms. The maximum absolute atomic E-state index is 12.2. The van der Waals surface area contributed by atoms with Crippen LogP contribution in [0.25, 0.3) is 0 Å². The van der Waals surface area contributed by atoms with Gasteiger partial charge in [0.1, 0.15) is 12.7 Å². The Hall–Kier alpha value is -1.55. The monoisotopic (exact) mass is 648 g/mol. The highest BCUT2D eigenvalue weighted by molar-refractivity contribution is 7.53. The number of allylic oxidation sites excluding steroid dienone is 8. The second-order valence-corrected chi connectivity index (χ2v) is 13.1. The standard InChI is InChI=1S/C39H69O5P/c1-3-5-7-9-11-13-15-17-18-19-20-22-24-26-28-30-32-34-39(42)45-44-37(35-40)36-43-38(41)33-31-29-27-25-23-21-16-14-12-10-8-6-4-2/h11,13,17-18,20,22,26,28,37,40,45H,3-10,12,14-16,19,21,23-25,27,29-36H2,1-2H3. The molecule has 0 aliphatic carbocycles. The van der Waals surface area contributed by atoms with Crippen molar-refractivity contribution in [1.29, 1.82) is 0 Å². The van der Waals surface area contributed by atoms with Crippen molar-refractivity contribution >= 4 is 20.3 Å². The second-order valence-electron chi connectivity index (χ2n) is 12.1. The number of aliphatic hydroxyl groups is 1. The zero-order chi connectivity index (χ0) is 32.9. The van der Waals surface area contributed by atoms with Crippen molar-refractivity contribution < 1.29 is 24.0 Å². The molecular formula is C39H69O5P. The molecular weight excluding hydrogens is 579 g/mol. The molecule has 0 aromatic carbocycles. The Labute approximate surface area is 279 Å². The van der Waals surface area contributed by atoms with Gasteiger partial charge in [0, 0.05) is 12.8 Å². The van der Waals surface area contributed by atoms with Crippen LogP contribution < -0.4 is 0 Å². The normalized spacial score (nSPS) is 13.0. The Kier molecular flexibility index (Phi) is 35.6. The second kappa shape index (κ2) is 36.9. The van der Waals surface area contributed by atoms with E-state index in [9.17, 15) is 14.7 Å². The highest BCUT2D eigenvalue weighted by Gasteiger charge is 2.14. The molecule has 260 valence electrons. The summed E-state index contributed by atoms with van der Waals surface area (Å²) >= 11 is 0. The molecule has 0 aromatic heterocycles. The summed E-state index contributed by atoms with van der Waals surface area (Å²) in [5.41, 5.74) is 0.0302. The molecule has 0 rings (SSSR count). The molecule has 0 spiro atoms. The lowest BCUT2D eigenvalue weighted by molar-refractivity contribution is -0.146. The topological polar surface area (TPSA) is 72.8 Å². The maximum atomic E-state index is 12.2. The van der Waals surface area contributed by atoms with Crippen LogP contribution in [0.4, 0.5) is 0 Å². The fourth-order valence-electron chi connectivity index (χ4n) is 4.81. The Morgan fingerprint density at radius 1 is 0.578 bits per heavy atom. The molecule has 6 heteroatoms. The van der Waals surface area contributed by atoms with E-state index in [1.165, 1.54) is 89.9 Å². The average molecular weight is 649 g/mol. The molecule has 2 unspecified atom stereocenters. The summed E-state index contributed by atoms with van der Waals surface area (Å²) in [5.74, 6) is -0.256.